The molecule has 0 saturated carbocycles. The number of imidazole rings is 1. The molecule has 0 saturated heterocycles. The van der Waals surface area contributed by atoms with Crippen LogP contribution < -0.4 is 15.2 Å². The Morgan fingerprint density at radius 1 is 1.33 bits per heavy atom. The van der Waals surface area contributed by atoms with Crippen molar-refractivity contribution in [3.05, 3.63) is 30.1 Å². The Kier molecular flexibility index (Phi) is 3.29. The second-order valence-corrected chi connectivity index (χ2v) is 5.05. The molecule has 1 aromatic carbocycles. The molecule has 0 fully saturated rings. The zero-order valence-electron chi connectivity index (χ0n) is 12.0. The number of aryl methyl sites for hydroxylation is 1. The highest BCUT2D eigenvalue weighted by Crippen LogP contribution is 2.37. The third-order valence-electron chi connectivity index (χ3n) is 3.63. The lowest BCUT2D eigenvalue weighted by atomic mass is 10.1. The van der Waals surface area contributed by atoms with Crippen LogP contribution in [0.3, 0.4) is 0 Å². The summed E-state index contributed by atoms with van der Waals surface area (Å²) in [5.74, 6) is 1.73. The van der Waals surface area contributed by atoms with E-state index in [2.05, 4.69) is 4.98 Å². The standard InChI is InChI=1S/C15H17N3O3/c1-9-7-12-13(21-6-5-20-12)8-11(9)15-17-3-4-18(15)10(2)14(16)19/h3-4,7-8,10H,5-6H2,1-2H3,(H2,16,19)/t10-/m0/s1. The molecule has 1 aliphatic rings. The van der Waals surface area contributed by atoms with Gasteiger partial charge < -0.3 is 19.8 Å². The lowest BCUT2D eigenvalue weighted by molar-refractivity contribution is -0.120. The van der Waals surface area contributed by atoms with E-state index in [1.807, 2.05) is 19.1 Å². The van der Waals surface area contributed by atoms with Crippen LogP contribution in [0.1, 0.15) is 18.5 Å². The van der Waals surface area contributed by atoms with Crippen LogP contribution >= 0.6 is 0 Å². The first-order valence-corrected chi connectivity index (χ1v) is 6.80. The van der Waals surface area contributed by atoms with Gasteiger partial charge in [0.15, 0.2) is 11.5 Å². The van der Waals surface area contributed by atoms with Crippen LogP contribution in [0.25, 0.3) is 11.4 Å². The fourth-order valence-corrected chi connectivity index (χ4v) is 2.40. The predicted molar refractivity (Wildman–Crippen MR) is 77.3 cm³/mol. The Morgan fingerprint density at radius 3 is 2.67 bits per heavy atom. The molecular formula is C15H17N3O3. The maximum atomic E-state index is 11.4. The highest BCUT2D eigenvalue weighted by Gasteiger charge is 2.20. The summed E-state index contributed by atoms with van der Waals surface area (Å²) in [5.41, 5.74) is 7.29. The molecular weight excluding hydrogens is 270 g/mol. The maximum absolute atomic E-state index is 11.4. The van der Waals surface area contributed by atoms with Crippen LogP contribution in [0, 0.1) is 6.92 Å². The summed E-state index contributed by atoms with van der Waals surface area (Å²) in [7, 11) is 0. The highest BCUT2D eigenvalue weighted by atomic mass is 16.6. The molecule has 0 unspecified atom stereocenters. The van der Waals surface area contributed by atoms with Crippen LogP contribution in [-0.2, 0) is 4.79 Å². The third kappa shape index (κ3) is 2.33. The van der Waals surface area contributed by atoms with Gasteiger partial charge in [0.2, 0.25) is 5.91 Å². The number of primary amides is 1. The Bertz CT molecular complexity index is 693. The van der Waals surface area contributed by atoms with Crippen molar-refractivity contribution in [3.63, 3.8) is 0 Å². The molecule has 21 heavy (non-hydrogen) atoms. The highest BCUT2D eigenvalue weighted by molar-refractivity contribution is 5.79. The van der Waals surface area contributed by atoms with Gasteiger partial charge in [0.25, 0.3) is 0 Å². The van der Waals surface area contributed by atoms with E-state index < -0.39 is 11.9 Å². The molecule has 1 atom stereocenters. The first kappa shape index (κ1) is 13.5. The SMILES string of the molecule is Cc1cc2c(cc1-c1nccn1[C@@H](C)C(N)=O)OCCO2. The lowest BCUT2D eigenvalue weighted by Gasteiger charge is -2.21. The molecule has 0 spiro atoms. The Morgan fingerprint density at radius 2 is 2.00 bits per heavy atom. The first-order chi connectivity index (χ1) is 10.1. The lowest BCUT2D eigenvalue weighted by Crippen LogP contribution is -2.24. The number of hydrogen-bond donors (Lipinski definition) is 1. The maximum Gasteiger partial charge on any atom is 0.240 e. The average Bonchev–Trinajstić information content (AvgIpc) is 2.94. The molecule has 6 nitrogen and oxygen atoms in total. The van der Waals surface area contributed by atoms with Gasteiger partial charge in [-0.05, 0) is 31.5 Å². The summed E-state index contributed by atoms with van der Waals surface area (Å²) in [6, 6.07) is 3.36. The van der Waals surface area contributed by atoms with E-state index in [9.17, 15) is 4.79 Å². The molecule has 1 aliphatic heterocycles. The molecule has 110 valence electrons. The van der Waals surface area contributed by atoms with Crippen molar-refractivity contribution in [2.75, 3.05) is 13.2 Å². The minimum absolute atomic E-state index is 0.399. The summed E-state index contributed by atoms with van der Waals surface area (Å²) in [6.07, 6.45) is 3.41. The molecule has 2 N–H and O–H groups in total. The van der Waals surface area contributed by atoms with Crippen molar-refractivity contribution in [2.45, 2.75) is 19.9 Å². The molecule has 6 heteroatoms. The average molecular weight is 287 g/mol. The Balaban J connectivity index is 2.09. The number of hydrogen-bond acceptors (Lipinski definition) is 4. The minimum Gasteiger partial charge on any atom is -0.486 e. The van der Waals surface area contributed by atoms with Crippen LogP contribution in [0.5, 0.6) is 11.5 Å². The fraction of sp³-hybridized carbons (Fsp3) is 0.333. The van der Waals surface area contributed by atoms with Gasteiger partial charge in [-0.1, -0.05) is 0 Å². The quantitative estimate of drug-likeness (QED) is 0.931. The van der Waals surface area contributed by atoms with E-state index in [1.54, 1.807) is 23.9 Å². The van der Waals surface area contributed by atoms with Gasteiger partial charge in [-0.25, -0.2) is 4.98 Å². The van der Waals surface area contributed by atoms with Crippen LogP contribution in [0.2, 0.25) is 0 Å². The van der Waals surface area contributed by atoms with Gasteiger partial charge in [0, 0.05) is 18.0 Å². The third-order valence-corrected chi connectivity index (χ3v) is 3.63. The molecule has 3 rings (SSSR count). The van der Waals surface area contributed by atoms with Gasteiger partial charge in [0.05, 0.1) is 0 Å². The first-order valence-electron chi connectivity index (χ1n) is 6.80. The Labute approximate surface area is 122 Å². The number of aromatic nitrogens is 2. The zero-order valence-corrected chi connectivity index (χ0v) is 12.0. The number of rotatable bonds is 3. The van der Waals surface area contributed by atoms with Gasteiger partial charge in [-0.15, -0.1) is 0 Å². The molecule has 2 aromatic rings. The van der Waals surface area contributed by atoms with E-state index in [-0.39, 0.29) is 0 Å². The van der Waals surface area contributed by atoms with Crippen molar-refractivity contribution in [1.82, 2.24) is 9.55 Å². The number of nitrogens with zero attached hydrogens (tertiary/aromatic N) is 2. The Hall–Kier alpha value is -2.50. The topological polar surface area (TPSA) is 79.4 Å². The normalized spacial score (nSPS) is 14.8. The summed E-state index contributed by atoms with van der Waals surface area (Å²) in [4.78, 5) is 15.8. The van der Waals surface area contributed by atoms with Gasteiger partial charge in [-0.3, -0.25) is 4.79 Å². The second-order valence-electron chi connectivity index (χ2n) is 5.05. The number of benzene rings is 1. The number of amides is 1. The smallest absolute Gasteiger partial charge is 0.240 e. The summed E-state index contributed by atoms with van der Waals surface area (Å²) >= 11 is 0. The van der Waals surface area contributed by atoms with Crippen molar-refractivity contribution in [3.8, 4) is 22.9 Å². The monoisotopic (exact) mass is 287 g/mol. The predicted octanol–water partition coefficient (Wildman–Crippen LogP) is 1.68. The molecule has 0 aliphatic carbocycles. The van der Waals surface area contributed by atoms with E-state index in [0.29, 0.717) is 24.8 Å². The van der Waals surface area contributed by atoms with Crippen molar-refractivity contribution in [1.29, 1.82) is 0 Å². The van der Waals surface area contributed by atoms with Gasteiger partial charge in [-0.2, -0.15) is 0 Å². The van der Waals surface area contributed by atoms with E-state index >= 15 is 0 Å². The summed E-state index contributed by atoms with van der Waals surface area (Å²) < 4.78 is 12.9. The van der Waals surface area contributed by atoms with E-state index in [0.717, 1.165) is 16.9 Å². The van der Waals surface area contributed by atoms with E-state index in [4.69, 9.17) is 15.2 Å². The molecule has 0 radical (unpaired) electrons. The summed E-state index contributed by atoms with van der Waals surface area (Å²) in [5, 5.41) is 0. The van der Waals surface area contributed by atoms with Crippen LogP contribution in [0.15, 0.2) is 24.5 Å². The number of nitrogens with two attached hydrogens (primary N) is 1. The summed E-state index contributed by atoms with van der Waals surface area (Å²) in [6.45, 7) is 4.81. The van der Waals surface area contributed by atoms with Crippen LogP contribution in [0.4, 0.5) is 0 Å². The minimum atomic E-state index is -0.463. The zero-order chi connectivity index (χ0) is 15.0. The number of carbonyl (C=O) groups excluding carboxylic acids is 1. The van der Waals surface area contributed by atoms with Crippen molar-refractivity contribution >= 4 is 5.91 Å². The number of fused-ring (bicyclic) bond motifs is 1. The largest absolute Gasteiger partial charge is 0.486 e. The fourth-order valence-electron chi connectivity index (χ4n) is 2.40. The van der Waals surface area contributed by atoms with Crippen molar-refractivity contribution < 1.29 is 14.3 Å². The molecule has 1 amide bonds. The number of carbonyl (C=O) groups is 1. The number of ether oxygens (including phenoxy) is 2. The van der Waals surface area contributed by atoms with Gasteiger partial charge >= 0.3 is 0 Å². The van der Waals surface area contributed by atoms with Crippen molar-refractivity contribution in [2.24, 2.45) is 5.73 Å². The van der Waals surface area contributed by atoms with Gasteiger partial charge in [0.1, 0.15) is 25.1 Å². The van der Waals surface area contributed by atoms with Crippen LogP contribution in [-0.4, -0.2) is 28.7 Å². The molecule has 2 heterocycles. The molecule has 1 aromatic heterocycles. The van der Waals surface area contributed by atoms with E-state index in [1.165, 1.54) is 0 Å². The molecule has 0 bridgehead atoms. The second kappa shape index (κ2) is 5.12.